The molecule has 4 atom stereocenters. The maximum absolute atomic E-state index is 13.4. The zero-order chi connectivity index (χ0) is 30.1. The van der Waals surface area contributed by atoms with Gasteiger partial charge in [0.15, 0.2) is 0 Å². The molecule has 12 heteroatoms. The van der Waals surface area contributed by atoms with Crippen LogP contribution in [0.3, 0.4) is 0 Å². The summed E-state index contributed by atoms with van der Waals surface area (Å²) in [7, 11) is 0. The maximum atomic E-state index is 13.4. The molecule has 7 N–H and O–H groups in total. The van der Waals surface area contributed by atoms with Gasteiger partial charge in [-0.3, -0.25) is 24.0 Å². The van der Waals surface area contributed by atoms with Crippen LogP contribution in [0.15, 0.2) is 30.3 Å². The van der Waals surface area contributed by atoms with Gasteiger partial charge in [0.2, 0.25) is 23.6 Å². The van der Waals surface area contributed by atoms with Crippen LogP contribution in [0.5, 0.6) is 0 Å². The highest BCUT2D eigenvalue weighted by Gasteiger charge is 2.30. The van der Waals surface area contributed by atoms with Gasteiger partial charge in [0.25, 0.3) is 0 Å². The van der Waals surface area contributed by atoms with Crippen LogP contribution >= 0.6 is 11.8 Å². The lowest BCUT2D eigenvalue weighted by molar-refractivity contribution is -0.138. The van der Waals surface area contributed by atoms with Crippen molar-refractivity contribution in [2.45, 2.75) is 83.5 Å². The van der Waals surface area contributed by atoms with Crippen molar-refractivity contribution in [3.63, 3.8) is 0 Å². The van der Waals surface area contributed by atoms with E-state index in [0.717, 1.165) is 5.56 Å². The Bertz CT molecular complexity index is 962. The molecule has 40 heavy (non-hydrogen) atoms. The minimum Gasteiger partial charge on any atom is -0.480 e. The summed E-state index contributed by atoms with van der Waals surface area (Å²) in [6.45, 7) is 5.49. The van der Waals surface area contributed by atoms with Crippen LogP contribution in [0.1, 0.15) is 58.4 Å². The molecule has 1 rings (SSSR count). The third kappa shape index (κ3) is 14.3. The molecule has 4 unspecified atom stereocenters. The number of amides is 4. The Morgan fingerprint density at radius 1 is 0.875 bits per heavy atom. The van der Waals surface area contributed by atoms with Crippen LogP contribution in [0.4, 0.5) is 0 Å². The van der Waals surface area contributed by atoms with E-state index in [1.54, 1.807) is 11.8 Å². The first-order valence-corrected chi connectivity index (χ1v) is 15.0. The van der Waals surface area contributed by atoms with Crippen molar-refractivity contribution in [1.29, 1.82) is 0 Å². The number of carboxylic acids is 1. The molecule has 4 amide bonds. The third-order valence-electron chi connectivity index (χ3n) is 6.12. The minimum atomic E-state index is -1.06. The van der Waals surface area contributed by atoms with E-state index in [0.29, 0.717) is 44.4 Å². The van der Waals surface area contributed by atoms with Crippen LogP contribution in [-0.2, 0) is 30.4 Å². The Morgan fingerprint density at radius 3 is 2.08 bits per heavy atom. The van der Waals surface area contributed by atoms with Gasteiger partial charge in [-0.25, -0.2) is 0 Å². The van der Waals surface area contributed by atoms with E-state index in [9.17, 15) is 24.0 Å². The van der Waals surface area contributed by atoms with Gasteiger partial charge in [0, 0.05) is 19.9 Å². The smallest absolute Gasteiger partial charge is 0.320 e. The predicted octanol–water partition coefficient (Wildman–Crippen LogP) is 1.20. The second kappa shape index (κ2) is 19.0. The molecule has 1 aromatic rings. The fourth-order valence-electron chi connectivity index (χ4n) is 4.00. The highest BCUT2D eigenvalue weighted by Crippen LogP contribution is 2.10. The molecule has 1 aromatic carbocycles. The molecule has 0 spiro atoms. The Labute approximate surface area is 241 Å². The van der Waals surface area contributed by atoms with Crippen molar-refractivity contribution >= 4 is 41.4 Å². The summed E-state index contributed by atoms with van der Waals surface area (Å²) in [6, 6.07) is 5.74. The number of carboxylic acid groups (broad SMARTS) is 1. The lowest BCUT2D eigenvalue weighted by Gasteiger charge is -2.26. The van der Waals surface area contributed by atoms with Crippen molar-refractivity contribution in [3.8, 4) is 0 Å². The molecule has 0 saturated heterocycles. The van der Waals surface area contributed by atoms with Crippen molar-refractivity contribution < 1.29 is 29.1 Å². The zero-order valence-electron chi connectivity index (χ0n) is 23.9. The van der Waals surface area contributed by atoms with Crippen LogP contribution < -0.4 is 27.0 Å². The Kier molecular flexibility index (Phi) is 16.6. The average molecular weight is 580 g/mol. The highest BCUT2D eigenvalue weighted by atomic mass is 32.2. The van der Waals surface area contributed by atoms with E-state index < -0.39 is 42.0 Å². The molecule has 11 nitrogen and oxygen atoms in total. The molecule has 0 aromatic heterocycles. The summed E-state index contributed by atoms with van der Waals surface area (Å²) in [6.07, 6.45) is 4.26. The summed E-state index contributed by atoms with van der Waals surface area (Å²) in [5, 5.41) is 20.0. The zero-order valence-corrected chi connectivity index (χ0v) is 24.7. The largest absolute Gasteiger partial charge is 0.480 e. The van der Waals surface area contributed by atoms with E-state index in [1.807, 2.05) is 50.4 Å². The fourth-order valence-corrected chi connectivity index (χ4v) is 4.48. The van der Waals surface area contributed by atoms with E-state index >= 15 is 0 Å². The number of carbonyl (C=O) groups is 5. The van der Waals surface area contributed by atoms with Crippen molar-refractivity contribution in [2.75, 3.05) is 18.6 Å². The molecule has 0 fully saturated rings. The van der Waals surface area contributed by atoms with Gasteiger partial charge in [-0.15, -0.1) is 0 Å². The molecular formula is C28H45N5O6S. The second-order valence-corrected chi connectivity index (χ2v) is 11.2. The maximum Gasteiger partial charge on any atom is 0.320 e. The lowest BCUT2D eigenvalue weighted by Crippen LogP contribution is -2.57. The van der Waals surface area contributed by atoms with Crippen LogP contribution in [-0.4, -0.2) is 77.4 Å². The number of hydrogen-bond acceptors (Lipinski definition) is 7. The van der Waals surface area contributed by atoms with E-state index in [1.165, 1.54) is 6.92 Å². The molecule has 0 radical (unpaired) electrons. The fraction of sp³-hybridized carbons (Fsp3) is 0.607. The molecule has 0 aliphatic carbocycles. The topological polar surface area (TPSA) is 180 Å². The monoisotopic (exact) mass is 579 g/mol. The molecule has 0 heterocycles. The van der Waals surface area contributed by atoms with Crippen LogP contribution in [0.2, 0.25) is 0 Å². The lowest BCUT2D eigenvalue weighted by atomic mass is 10.0. The Balaban J connectivity index is 2.96. The number of thioether (sulfide) groups is 1. The van der Waals surface area contributed by atoms with Gasteiger partial charge in [-0.05, 0) is 55.6 Å². The first kappa shape index (κ1) is 34.9. The molecule has 224 valence electrons. The SMILES string of the molecule is CSCCC(NC(C)=O)C(=O)NC(CC(C)C)C(=O)NC(Cc1ccccc1)C(=O)NCCCCC(N)C(=O)O. The number of unbranched alkanes of at least 4 members (excludes halogenated alkanes) is 1. The summed E-state index contributed by atoms with van der Waals surface area (Å²) < 4.78 is 0. The highest BCUT2D eigenvalue weighted by molar-refractivity contribution is 7.98. The molecule has 0 aliphatic rings. The van der Waals surface area contributed by atoms with Gasteiger partial charge in [0.1, 0.15) is 24.2 Å². The summed E-state index contributed by atoms with van der Waals surface area (Å²) in [5.41, 5.74) is 6.37. The van der Waals surface area contributed by atoms with E-state index in [4.69, 9.17) is 10.8 Å². The normalized spacial score (nSPS) is 13.9. The first-order valence-electron chi connectivity index (χ1n) is 13.6. The molecular weight excluding hydrogens is 534 g/mol. The number of rotatable bonds is 19. The summed E-state index contributed by atoms with van der Waals surface area (Å²) >= 11 is 1.55. The average Bonchev–Trinajstić information content (AvgIpc) is 2.89. The standard InChI is InChI=1S/C28H45N5O6S/c1-18(2)16-23(32-26(36)22(13-15-40-4)31-19(3)34)27(37)33-24(17-20-10-6-5-7-11-20)25(35)30-14-9-8-12-21(29)28(38)39/h5-7,10-11,18,21-24H,8-9,12-17,29H2,1-4H3,(H,30,35)(H,31,34)(H,32,36)(H,33,37)(H,38,39). The van der Waals surface area contributed by atoms with Gasteiger partial charge < -0.3 is 32.1 Å². The number of hydrogen-bond donors (Lipinski definition) is 6. The van der Waals surface area contributed by atoms with Crippen LogP contribution in [0, 0.1) is 5.92 Å². The third-order valence-corrected chi connectivity index (χ3v) is 6.76. The van der Waals surface area contributed by atoms with Crippen molar-refractivity contribution in [3.05, 3.63) is 35.9 Å². The van der Waals surface area contributed by atoms with E-state index in [2.05, 4.69) is 21.3 Å². The van der Waals surface area contributed by atoms with Crippen molar-refractivity contribution in [2.24, 2.45) is 11.7 Å². The summed E-state index contributed by atoms with van der Waals surface area (Å²) in [4.78, 5) is 62.1. The quantitative estimate of drug-likeness (QED) is 0.132. The van der Waals surface area contributed by atoms with Crippen LogP contribution in [0.25, 0.3) is 0 Å². The van der Waals surface area contributed by atoms with Gasteiger partial charge >= 0.3 is 5.97 Å². The van der Waals surface area contributed by atoms with Crippen molar-refractivity contribution in [1.82, 2.24) is 21.3 Å². The molecule has 0 saturated carbocycles. The number of carbonyl (C=O) groups excluding carboxylic acids is 4. The minimum absolute atomic E-state index is 0.0695. The van der Waals surface area contributed by atoms with Gasteiger partial charge in [-0.2, -0.15) is 11.8 Å². The second-order valence-electron chi connectivity index (χ2n) is 10.2. The predicted molar refractivity (Wildman–Crippen MR) is 157 cm³/mol. The molecule has 0 bridgehead atoms. The number of nitrogens with two attached hydrogens (primary N) is 1. The number of benzene rings is 1. The Morgan fingerprint density at radius 2 is 1.50 bits per heavy atom. The van der Waals surface area contributed by atoms with Gasteiger partial charge in [-0.1, -0.05) is 44.2 Å². The van der Waals surface area contributed by atoms with Gasteiger partial charge in [0.05, 0.1) is 0 Å². The first-order chi connectivity index (χ1) is 18.9. The summed E-state index contributed by atoms with van der Waals surface area (Å²) in [5.74, 6) is -2.00. The molecule has 0 aliphatic heterocycles. The Hall–Kier alpha value is -3.12. The van der Waals surface area contributed by atoms with E-state index in [-0.39, 0.29) is 24.2 Å². The number of nitrogens with one attached hydrogen (secondary N) is 4. The number of aliphatic carboxylic acids is 1.